The fraction of sp³-hybridized carbons (Fsp3) is 0.700. The lowest BCUT2D eigenvalue weighted by molar-refractivity contribution is 0.378. The maximum Gasteiger partial charge on any atom is 0.394 e. The highest BCUT2D eigenvalue weighted by Crippen LogP contribution is 2.09. The summed E-state index contributed by atoms with van der Waals surface area (Å²) in [6, 6.07) is 10.3. The van der Waals surface area contributed by atoms with Crippen LogP contribution in [0.2, 0.25) is 0 Å². The Labute approximate surface area is 216 Å². The zero-order chi connectivity index (χ0) is 29.7. The molecule has 0 atom stereocenters. The van der Waals surface area contributed by atoms with Crippen LogP contribution in [-0.2, 0) is 31.2 Å². The van der Waals surface area contributed by atoms with E-state index in [4.69, 9.17) is 57.7 Å². The predicted octanol–water partition coefficient (Wildman–Crippen LogP) is 4.57. The van der Waals surface area contributed by atoms with Crippen LogP contribution in [0.25, 0.3) is 0 Å². The van der Waals surface area contributed by atoms with E-state index >= 15 is 0 Å². The second-order valence-electron chi connectivity index (χ2n) is 6.83. The summed E-state index contributed by atoms with van der Waals surface area (Å²) < 4.78 is 94.8. The minimum atomic E-state index is -4.67. The molecule has 0 heterocycles. The van der Waals surface area contributed by atoms with Crippen LogP contribution in [0.4, 0.5) is 0 Å². The first-order valence-corrected chi connectivity index (χ1v) is 15.1. The molecule has 1 aromatic rings. The maximum absolute atomic E-state index is 8.74. The van der Waals surface area contributed by atoms with Gasteiger partial charge < -0.3 is 5.11 Å². The largest absolute Gasteiger partial charge is 0.400 e. The second-order valence-corrected chi connectivity index (χ2v) is 9.51. The molecule has 0 radical (unpaired) electrons. The van der Waals surface area contributed by atoms with Crippen molar-refractivity contribution in [3.63, 3.8) is 0 Å². The van der Waals surface area contributed by atoms with Gasteiger partial charge in [-0.15, -0.1) is 0 Å². The standard InChI is InChI=1S/C12H26.C7H8.CH4O.3H2O4S/c1-3-5-7-9-11-12-10-8-6-4-2;1-7-5-3-2-4-6-7;1-2;3*1-5(2,3)4/h3-12H2,1-2H3;2-6H,1H3;2H,1H3;3*(H2,1,2,3,4). The molecule has 0 saturated heterocycles. The molecule has 0 spiro atoms. The summed E-state index contributed by atoms with van der Waals surface area (Å²) in [4.78, 5) is 0. The molecule has 16 heteroatoms. The summed E-state index contributed by atoms with van der Waals surface area (Å²) >= 11 is 0. The van der Waals surface area contributed by atoms with Crippen LogP contribution in [0.1, 0.15) is 83.6 Å². The van der Waals surface area contributed by atoms with Crippen molar-refractivity contribution in [1.82, 2.24) is 0 Å². The Balaban J connectivity index is -0.000000115. The SMILES string of the molecule is CCCCCCCCCCCC.CO.Cc1ccccc1.O=S(=O)(O)O.O=S(=O)(O)O.O=S(=O)(O)O. The van der Waals surface area contributed by atoms with E-state index < -0.39 is 31.2 Å². The third kappa shape index (κ3) is 133. The van der Waals surface area contributed by atoms with Crippen LogP contribution in [-0.4, -0.2) is 64.8 Å². The van der Waals surface area contributed by atoms with Crippen molar-refractivity contribution in [2.75, 3.05) is 7.11 Å². The van der Waals surface area contributed by atoms with Crippen LogP contribution in [0.3, 0.4) is 0 Å². The summed E-state index contributed by atoms with van der Waals surface area (Å²) in [6.45, 7) is 6.64. The molecule has 7 N–H and O–H groups in total. The Morgan fingerprint density at radius 2 is 0.694 bits per heavy atom. The summed E-state index contributed by atoms with van der Waals surface area (Å²) in [5, 5.41) is 7.00. The molecule has 1 rings (SSSR count). The third-order valence-electron chi connectivity index (χ3n) is 3.40. The number of aryl methyl sites for hydroxylation is 1. The van der Waals surface area contributed by atoms with E-state index in [0.29, 0.717) is 0 Å². The normalized spacial score (nSPS) is 10.2. The van der Waals surface area contributed by atoms with Gasteiger partial charge in [0.15, 0.2) is 0 Å². The van der Waals surface area contributed by atoms with E-state index in [1.165, 1.54) is 69.8 Å². The van der Waals surface area contributed by atoms with Crippen molar-refractivity contribution in [2.24, 2.45) is 0 Å². The summed E-state index contributed by atoms with van der Waals surface area (Å²) in [5.41, 5.74) is 1.32. The molecule has 1 aromatic carbocycles. The summed E-state index contributed by atoms with van der Waals surface area (Å²) in [5.74, 6) is 0. The summed E-state index contributed by atoms with van der Waals surface area (Å²) in [6.07, 6.45) is 14.4. The van der Waals surface area contributed by atoms with Crippen LogP contribution in [0.5, 0.6) is 0 Å². The fourth-order valence-electron chi connectivity index (χ4n) is 2.10. The number of aliphatic hydroxyl groups is 1. The molecule has 0 aliphatic rings. The molecular formula is C20H44O13S3. The molecule has 0 aromatic heterocycles. The fourth-order valence-corrected chi connectivity index (χ4v) is 2.10. The topological polar surface area (TPSA) is 244 Å². The lowest BCUT2D eigenvalue weighted by atomic mass is 10.1. The molecule has 13 nitrogen and oxygen atoms in total. The average Bonchev–Trinajstić information content (AvgIpc) is 2.69. The van der Waals surface area contributed by atoms with Crippen LogP contribution >= 0.6 is 0 Å². The van der Waals surface area contributed by atoms with Gasteiger partial charge in [-0.25, -0.2) is 0 Å². The molecule has 0 saturated carbocycles. The van der Waals surface area contributed by atoms with Crippen molar-refractivity contribution in [3.05, 3.63) is 35.9 Å². The van der Waals surface area contributed by atoms with Crippen molar-refractivity contribution >= 4 is 31.2 Å². The van der Waals surface area contributed by atoms with Crippen LogP contribution in [0.15, 0.2) is 30.3 Å². The highest BCUT2D eigenvalue weighted by Gasteiger charge is 1.90. The molecule has 0 aliphatic carbocycles. The number of rotatable bonds is 9. The van der Waals surface area contributed by atoms with Crippen molar-refractivity contribution in [2.45, 2.75) is 85.0 Å². The summed E-state index contributed by atoms with van der Waals surface area (Å²) in [7, 11) is -13.0. The molecule has 0 fully saturated rings. The third-order valence-corrected chi connectivity index (χ3v) is 3.40. The van der Waals surface area contributed by atoms with E-state index in [0.717, 1.165) is 7.11 Å². The van der Waals surface area contributed by atoms with Crippen LogP contribution in [0, 0.1) is 6.92 Å². The van der Waals surface area contributed by atoms with Gasteiger partial charge in [0.05, 0.1) is 0 Å². The van der Waals surface area contributed by atoms with Gasteiger partial charge in [-0.1, -0.05) is 114 Å². The molecule has 0 bridgehead atoms. The minimum absolute atomic E-state index is 1.00. The Morgan fingerprint density at radius 3 is 0.833 bits per heavy atom. The molecular weight excluding hydrogens is 544 g/mol. The van der Waals surface area contributed by atoms with Gasteiger partial charge in [-0.3, -0.25) is 27.3 Å². The zero-order valence-corrected chi connectivity index (χ0v) is 23.7. The number of benzene rings is 1. The zero-order valence-electron chi connectivity index (χ0n) is 21.3. The molecule has 220 valence electrons. The van der Waals surface area contributed by atoms with Gasteiger partial charge in [0.25, 0.3) is 0 Å². The highest BCUT2D eigenvalue weighted by atomic mass is 32.3. The highest BCUT2D eigenvalue weighted by molar-refractivity contribution is 7.80. The van der Waals surface area contributed by atoms with Gasteiger partial charge in [0.2, 0.25) is 0 Å². The molecule has 0 unspecified atom stereocenters. The Morgan fingerprint density at radius 1 is 0.500 bits per heavy atom. The first-order valence-electron chi connectivity index (χ1n) is 10.9. The second kappa shape index (κ2) is 30.0. The van der Waals surface area contributed by atoms with Gasteiger partial charge in [-0.2, -0.15) is 25.3 Å². The Bertz CT molecular complexity index is 750. The first kappa shape index (κ1) is 44.8. The quantitative estimate of drug-likeness (QED) is 0.154. The molecule has 0 amide bonds. The van der Waals surface area contributed by atoms with E-state index in [1.54, 1.807) is 0 Å². The van der Waals surface area contributed by atoms with Gasteiger partial charge >= 0.3 is 31.2 Å². The molecule has 0 aliphatic heterocycles. The number of unbranched alkanes of at least 4 members (excludes halogenated alkanes) is 9. The Hall–Kier alpha value is -1.21. The number of hydrogen-bond donors (Lipinski definition) is 7. The van der Waals surface area contributed by atoms with Gasteiger partial charge in [-0.05, 0) is 6.92 Å². The van der Waals surface area contributed by atoms with Crippen molar-refractivity contribution < 1.29 is 57.7 Å². The monoisotopic (exact) mass is 588 g/mol. The van der Waals surface area contributed by atoms with Gasteiger partial charge in [0, 0.05) is 7.11 Å². The molecule has 36 heavy (non-hydrogen) atoms. The minimum Gasteiger partial charge on any atom is -0.400 e. The van der Waals surface area contributed by atoms with E-state index in [1.807, 2.05) is 18.2 Å². The number of hydrogen-bond acceptors (Lipinski definition) is 7. The Kier molecular flexibility index (Phi) is 37.3. The van der Waals surface area contributed by atoms with Crippen molar-refractivity contribution in [3.8, 4) is 0 Å². The van der Waals surface area contributed by atoms with E-state index in [9.17, 15) is 0 Å². The lowest BCUT2D eigenvalue weighted by Crippen LogP contribution is -1.89. The lowest BCUT2D eigenvalue weighted by Gasteiger charge is -1.99. The maximum atomic E-state index is 8.74. The predicted molar refractivity (Wildman–Crippen MR) is 139 cm³/mol. The van der Waals surface area contributed by atoms with E-state index in [-0.39, 0.29) is 0 Å². The average molecular weight is 589 g/mol. The van der Waals surface area contributed by atoms with E-state index in [2.05, 4.69) is 32.9 Å². The number of aliphatic hydroxyl groups excluding tert-OH is 1. The smallest absolute Gasteiger partial charge is 0.394 e. The van der Waals surface area contributed by atoms with Gasteiger partial charge in [0.1, 0.15) is 0 Å². The first-order chi connectivity index (χ1) is 16.3. The van der Waals surface area contributed by atoms with Crippen LogP contribution < -0.4 is 0 Å². The van der Waals surface area contributed by atoms with Crippen molar-refractivity contribution in [1.29, 1.82) is 0 Å².